The lowest BCUT2D eigenvalue weighted by atomic mass is 10.8. The second-order valence-corrected chi connectivity index (χ2v) is 2.20. The summed E-state index contributed by atoms with van der Waals surface area (Å²) in [5, 5.41) is 10.6. The number of nitrogens with zero attached hydrogens (tertiary/aromatic N) is 2. The van der Waals surface area contributed by atoms with Gasteiger partial charge in [0.05, 0.1) is 0 Å². The van der Waals surface area contributed by atoms with Crippen molar-refractivity contribution in [3.63, 3.8) is 0 Å². The zero-order valence-electron chi connectivity index (χ0n) is 8.55. The van der Waals surface area contributed by atoms with E-state index < -0.39 is 0 Å². The minimum absolute atomic E-state index is 0.625. The maximum atomic E-state index is 7.62. The van der Waals surface area contributed by atoms with Crippen LogP contribution < -0.4 is 10.8 Å². The lowest BCUT2D eigenvalue weighted by Gasteiger charge is -2.12. The molecular formula is C7H20N4O. The van der Waals surface area contributed by atoms with Crippen molar-refractivity contribution in [2.75, 3.05) is 34.7 Å². The molecule has 0 bridgehead atoms. The molecule has 3 N–H and O–H groups in total. The van der Waals surface area contributed by atoms with E-state index in [0.29, 0.717) is 6.54 Å². The third kappa shape index (κ3) is 9.19. The Morgan fingerprint density at radius 3 is 1.92 bits per heavy atom. The van der Waals surface area contributed by atoms with Crippen LogP contribution >= 0.6 is 0 Å². The van der Waals surface area contributed by atoms with Crippen molar-refractivity contribution in [2.24, 2.45) is 4.99 Å². The van der Waals surface area contributed by atoms with Crippen LogP contribution in [0.5, 0.6) is 0 Å². The van der Waals surface area contributed by atoms with Gasteiger partial charge in [0.15, 0.2) is 5.96 Å². The molecule has 0 spiro atoms. The minimum atomic E-state index is 0.625. The molecule has 0 aromatic carbocycles. The number of hydrogen-bond donors (Lipinski definition) is 3. The van der Waals surface area contributed by atoms with E-state index in [9.17, 15) is 0 Å². The summed E-state index contributed by atoms with van der Waals surface area (Å²) in [6.45, 7) is 2.44. The van der Waals surface area contributed by atoms with Crippen LogP contribution in [0.4, 0.5) is 0 Å². The number of aliphatic imine (C=N–C) groups is 1. The first-order valence-corrected chi connectivity index (χ1v) is 3.82. The van der Waals surface area contributed by atoms with Gasteiger partial charge in [-0.2, -0.15) is 0 Å². The summed E-state index contributed by atoms with van der Waals surface area (Å²) in [5.74, 6) is 0.894. The molecule has 0 unspecified atom stereocenters. The molecule has 5 nitrogen and oxygen atoms in total. The van der Waals surface area contributed by atoms with E-state index in [1.165, 1.54) is 0 Å². The first kappa shape index (κ1) is 13.8. The SMILES string of the molecule is CCNO.CN=C(NC)N(C)C. The van der Waals surface area contributed by atoms with Crippen molar-refractivity contribution >= 4 is 5.96 Å². The van der Waals surface area contributed by atoms with E-state index in [2.05, 4.69) is 10.3 Å². The third-order valence-electron chi connectivity index (χ3n) is 1.02. The summed E-state index contributed by atoms with van der Waals surface area (Å²) in [6, 6.07) is 0. The molecule has 0 rings (SSSR count). The van der Waals surface area contributed by atoms with E-state index in [4.69, 9.17) is 5.21 Å². The summed E-state index contributed by atoms with van der Waals surface area (Å²) >= 11 is 0. The van der Waals surface area contributed by atoms with E-state index in [-0.39, 0.29) is 0 Å². The van der Waals surface area contributed by atoms with E-state index in [0.717, 1.165) is 5.96 Å². The first-order valence-electron chi connectivity index (χ1n) is 3.82. The van der Waals surface area contributed by atoms with Crippen LogP contribution in [0, 0.1) is 0 Å². The molecule has 0 saturated carbocycles. The quantitative estimate of drug-likeness (QED) is 0.293. The fraction of sp³-hybridized carbons (Fsp3) is 0.857. The molecule has 0 heterocycles. The van der Waals surface area contributed by atoms with Crippen LogP contribution in [0.25, 0.3) is 0 Å². The smallest absolute Gasteiger partial charge is 0.192 e. The van der Waals surface area contributed by atoms with Gasteiger partial charge in [0, 0.05) is 34.7 Å². The highest BCUT2D eigenvalue weighted by atomic mass is 16.5. The molecule has 0 atom stereocenters. The molecule has 0 radical (unpaired) electrons. The molecular weight excluding hydrogens is 156 g/mol. The normalized spacial score (nSPS) is 10.0. The first-order chi connectivity index (χ1) is 5.63. The summed E-state index contributed by atoms with van der Waals surface area (Å²) in [5.41, 5.74) is 1.93. The van der Waals surface area contributed by atoms with Gasteiger partial charge in [0.25, 0.3) is 0 Å². The fourth-order valence-electron chi connectivity index (χ4n) is 0.535. The largest absolute Gasteiger partial charge is 0.359 e. The van der Waals surface area contributed by atoms with Crippen LogP contribution in [-0.2, 0) is 0 Å². The van der Waals surface area contributed by atoms with Gasteiger partial charge in [-0.3, -0.25) is 4.99 Å². The number of nitrogens with one attached hydrogen (secondary N) is 2. The molecule has 5 heteroatoms. The third-order valence-corrected chi connectivity index (χ3v) is 1.02. The Kier molecular flexibility index (Phi) is 11.7. The lowest BCUT2D eigenvalue weighted by molar-refractivity contribution is 0.173. The summed E-state index contributed by atoms with van der Waals surface area (Å²) < 4.78 is 0. The highest BCUT2D eigenvalue weighted by molar-refractivity contribution is 5.78. The zero-order valence-corrected chi connectivity index (χ0v) is 8.55. The van der Waals surface area contributed by atoms with Gasteiger partial charge in [0.1, 0.15) is 0 Å². The van der Waals surface area contributed by atoms with Crippen molar-refractivity contribution in [3.05, 3.63) is 0 Å². The van der Waals surface area contributed by atoms with Crippen LogP contribution in [0.15, 0.2) is 4.99 Å². The van der Waals surface area contributed by atoms with Crippen molar-refractivity contribution in [1.82, 2.24) is 15.7 Å². The average Bonchev–Trinajstić information content (AvgIpc) is 2.07. The van der Waals surface area contributed by atoms with Crippen molar-refractivity contribution < 1.29 is 5.21 Å². The Morgan fingerprint density at radius 2 is 1.92 bits per heavy atom. The average molecular weight is 176 g/mol. The van der Waals surface area contributed by atoms with Crippen molar-refractivity contribution in [2.45, 2.75) is 6.92 Å². The molecule has 0 amide bonds. The molecule has 0 saturated heterocycles. The molecule has 12 heavy (non-hydrogen) atoms. The maximum absolute atomic E-state index is 7.62. The molecule has 0 aromatic heterocycles. The Balaban J connectivity index is 0. The summed E-state index contributed by atoms with van der Waals surface area (Å²) in [4.78, 5) is 5.85. The number of rotatable bonds is 1. The summed E-state index contributed by atoms with van der Waals surface area (Å²) in [6.07, 6.45) is 0. The molecule has 0 aliphatic carbocycles. The monoisotopic (exact) mass is 176 g/mol. The second-order valence-electron chi connectivity index (χ2n) is 2.20. The zero-order chi connectivity index (χ0) is 9.98. The second kappa shape index (κ2) is 10.2. The Morgan fingerprint density at radius 1 is 1.50 bits per heavy atom. The van der Waals surface area contributed by atoms with E-state index >= 15 is 0 Å². The van der Waals surface area contributed by atoms with Crippen molar-refractivity contribution in [3.8, 4) is 0 Å². The highest BCUT2D eigenvalue weighted by Crippen LogP contribution is 1.73. The van der Waals surface area contributed by atoms with Gasteiger partial charge in [-0.25, -0.2) is 5.48 Å². The number of hydrogen-bond acceptors (Lipinski definition) is 3. The summed E-state index contributed by atoms with van der Waals surface area (Å²) in [7, 11) is 7.49. The topological polar surface area (TPSA) is 59.9 Å². The van der Waals surface area contributed by atoms with E-state index in [1.54, 1.807) is 7.05 Å². The lowest BCUT2D eigenvalue weighted by Crippen LogP contribution is -2.33. The van der Waals surface area contributed by atoms with Gasteiger partial charge in [-0.15, -0.1) is 0 Å². The van der Waals surface area contributed by atoms with E-state index in [1.807, 2.05) is 38.4 Å². The highest BCUT2D eigenvalue weighted by Gasteiger charge is 1.91. The predicted octanol–water partition coefficient (Wildman–Crippen LogP) is -0.262. The van der Waals surface area contributed by atoms with Gasteiger partial charge in [-0.05, 0) is 0 Å². The van der Waals surface area contributed by atoms with Crippen molar-refractivity contribution in [1.29, 1.82) is 0 Å². The number of hydroxylamine groups is 1. The van der Waals surface area contributed by atoms with Gasteiger partial charge < -0.3 is 15.4 Å². The molecule has 0 aliphatic heterocycles. The molecule has 0 aliphatic rings. The van der Waals surface area contributed by atoms with Gasteiger partial charge >= 0.3 is 0 Å². The van der Waals surface area contributed by atoms with Crippen LogP contribution in [0.3, 0.4) is 0 Å². The van der Waals surface area contributed by atoms with Crippen LogP contribution in [-0.4, -0.2) is 50.8 Å². The Hall–Kier alpha value is -0.810. The van der Waals surface area contributed by atoms with Gasteiger partial charge in [0.2, 0.25) is 0 Å². The Labute approximate surface area is 74.4 Å². The fourth-order valence-corrected chi connectivity index (χ4v) is 0.535. The standard InChI is InChI=1S/C5H13N3.C2H7NO/c1-6-5(7-2)8(3)4;1-2-3-4/h1-4H3,(H,6,7);3-4H,2H2,1H3. The molecule has 0 aromatic rings. The maximum Gasteiger partial charge on any atom is 0.192 e. The van der Waals surface area contributed by atoms with Crippen LogP contribution in [0.1, 0.15) is 6.92 Å². The molecule has 0 fully saturated rings. The van der Waals surface area contributed by atoms with Crippen LogP contribution in [0.2, 0.25) is 0 Å². The Bertz CT molecular complexity index is 112. The van der Waals surface area contributed by atoms with Gasteiger partial charge in [-0.1, -0.05) is 6.92 Å². The number of guanidine groups is 1. The molecule has 74 valence electrons. The minimum Gasteiger partial charge on any atom is -0.359 e. The predicted molar refractivity (Wildman–Crippen MR) is 51.6 cm³/mol.